The second kappa shape index (κ2) is 11.8. The highest BCUT2D eigenvalue weighted by molar-refractivity contribution is 5.64. The first-order valence-electron chi connectivity index (χ1n) is 6.87. The highest BCUT2D eigenvalue weighted by Gasteiger charge is 2.26. The van der Waals surface area contributed by atoms with Crippen LogP contribution in [-0.2, 0) is 28.6 Å². The zero-order valence-corrected chi connectivity index (χ0v) is 12.6. The Balaban J connectivity index is 4.23. The van der Waals surface area contributed by atoms with Crippen LogP contribution < -0.4 is 21.1 Å². The van der Waals surface area contributed by atoms with Crippen LogP contribution in [0, 0.1) is 0 Å². The van der Waals surface area contributed by atoms with E-state index in [-0.39, 0.29) is 58.9 Å². The molecule has 0 aliphatic heterocycles. The second-order valence-corrected chi connectivity index (χ2v) is 4.89. The Morgan fingerprint density at radius 3 is 1.17 bits per heavy atom. The highest BCUT2D eigenvalue weighted by atomic mass is 16.5. The molecule has 10 nitrogen and oxygen atoms in total. The Morgan fingerprint density at radius 1 is 0.696 bits per heavy atom. The van der Waals surface area contributed by atoms with E-state index >= 15 is 0 Å². The maximum Gasteiger partial charge on any atom is 0.0865 e. The van der Waals surface area contributed by atoms with Crippen LogP contribution in [0.5, 0.6) is 0 Å². The molecule has 0 rings (SSSR count). The minimum atomic E-state index is -1.27. The monoisotopic (exact) mass is 334 g/mol. The zero-order valence-electron chi connectivity index (χ0n) is 12.6. The van der Waals surface area contributed by atoms with Crippen LogP contribution in [0.4, 0.5) is 0 Å². The molecule has 0 radical (unpaired) electrons. The van der Waals surface area contributed by atoms with E-state index in [4.69, 9.17) is 19.9 Å². The summed E-state index contributed by atoms with van der Waals surface area (Å²) in [6, 6.07) is 0. The standard InChI is InChI=1S/C13H23NO9/c14-13(7-21-4-1-10(15)16,8-22-5-2-11(17)18)9-23-6-3-12(19)20/h1-9,14H2,(H,15,16)(H,17,18)(H,19,20)/p-3. The normalized spacial score (nSPS) is 11.3. The summed E-state index contributed by atoms with van der Waals surface area (Å²) in [6.07, 6.45) is -0.937. The van der Waals surface area contributed by atoms with Gasteiger partial charge in [0.25, 0.3) is 0 Å². The molecule has 2 N–H and O–H groups in total. The van der Waals surface area contributed by atoms with Crippen LogP contribution in [0.2, 0.25) is 0 Å². The number of nitrogens with two attached hydrogens (primary N) is 1. The van der Waals surface area contributed by atoms with E-state index in [9.17, 15) is 29.7 Å². The van der Waals surface area contributed by atoms with Crippen LogP contribution in [0.3, 0.4) is 0 Å². The summed E-state index contributed by atoms with van der Waals surface area (Å²) in [5.41, 5.74) is 4.79. The van der Waals surface area contributed by atoms with Gasteiger partial charge in [-0.05, 0) is 0 Å². The van der Waals surface area contributed by atoms with Crippen LogP contribution in [0.15, 0.2) is 0 Å². The molecule has 0 aromatic carbocycles. The third-order valence-corrected chi connectivity index (χ3v) is 2.52. The number of hydrogen-bond acceptors (Lipinski definition) is 10. The molecule has 0 bridgehead atoms. The fourth-order valence-corrected chi connectivity index (χ4v) is 1.42. The lowest BCUT2D eigenvalue weighted by Gasteiger charge is -2.29. The number of hydrogen-bond donors (Lipinski definition) is 1. The largest absolute Gasteiger partial charge is 0.550 e. The van der Waals surface area contributed by atoms with Crippen molar-refractivity contribution in [2.75, 3.05) is 39.6 Å². The Bertz CT molecular complexity index is 331. The molecule has 0 spiro atoms. The zero-order chi connectivity index (χ0) is 17.7. The maximum atomic E-state index is 10.3. The van der Waals surface area contributed by atoms with E-state index in [2.05, 4.69) is 0 Å². The number of carbonyl (C=O) groups is 3. The molecule has 0 aromatic heterocycles. The minimum absolute atomic E-state index is 0.126. The van der Waals surface area contributed by atoms with E-state index in [1.807, 2.05) is 0 Å². The van der Waals surface area contributed by atoms with Gasteiger partial charge in [-0.2, -0.15) is 0 Å². The van der Waals surface area contributed by atoms with Crippen LogP contribution >= 0.6 is 0 Å². The van der Waals surface area contributed by atoms with Crippen molar-refractivity contribution in [2.24, 2.45) is 5.73 Å². The van der Waals surface area contributed by atoms with E-state index < -0.39 is 23.4 Å². The number of carboxylic acid groups (broad SMARTS) is 3. The van der Waals surface area contributed by atoms with Gasteiger partial charge in [0.2, 0.25) is 0 Å². The van der Waals surface area contributed by atoms with Gasteiger partial charge in [0.05, 0.1) is 45.2 Å². The van der Waals surface area contributed by atoms with Gasteiger partial charge in [0, 0.05) is 37.2 Å². The van der Waals surface area contributed by atoms with Gasteiger partial charge < -0.3 is 49.6 Å². The Labute approximate surface area is 133 Å². The smallest absolute Gasteiger partial charge is 0.0865 e. The summed E-state index contributed by atoms with van der Waals surface area (Å²) < 4.78 is 15.3. The second-order valence-electron chi connectivity index (χ2n) is 4.89. The number of rotatable bonds is 15. The van der Waals surface area contributed by atoms with Gasteiger partial charge in [-0.15, -0.1) is 0 Å². The van der Waals surface area contributed by atoms with Crippen molar-refractivity contribution in [3.8, 4) is 0 Å². The van der Waals surface area contributed by atoms with Crippen molar-refractivity contribution in [2.45, 2.75) is 24.8 Å². The summed E-state index contributed by atoms with van der Waals surface area (Å²) in [5.74, 6) is -3.82. The van der Waals surface area contributed by atoms with Gasteiger partial charge in [-0.3, -0.25) is 0 Å². The van der Waals surface area contributed by atoms with E-state index in [1.165, 1.54) is 0 Å². The first-order valence-corrected chi connectivity index (χ1v) is 6.87. The Morgan fingerprint density at radius 2 is 0.957 bits per heavy atom. The number of carbonyl (C=O) groups excluding carboxylic acids is 3. The molecule has 0 saturated carbocycles. The van der Waals surface area contributed by atoms with Crippen molar-refractivity contribution >= 4 is 17.9 Å². The van der Waals surface area contributed by atoms with Gasteiger partial charge in [-0.25, -0.2) is 0 Å². The number of aliphatic carboxylic acids is 3. The van der Waals surface area contributed by atoms with Crippen molar-refractivity contribution in [3.63, 3.8) is 0 Å². The number of ether oxygens (including phenoxy) is 3. The Hall–Kier alpha value is -1.75. The van der Waals surface area contributed by atoms with Gasteiger partial charge in [0.1, 0.15) is 0 Å². The molecule has 0 aliphatic rings. The molecule has 0 fully saturated rings. The molecular formula is C13H20NO9-3. The van der Waals surface area contributed by atoms with Crippen molar-refractivity contribution in [3.05, 3.63) is 0 Å². The lowest BCUT2D eigenvalue weighted by atomic mass is 10.1. The van der Waals surface area contributed by atoms with Gasteiger partial charge in [-0.1, -0.05) is 0 Å². The first-order chi connectivity index (χ1) is 10.7. The van der Waals surface area contributed by atoms with Crippen LogP contribution in [0.25, 0.3) is 0 Å². The summed E-state index contributed by atoms with van der Waals surface area (Å²) in [7, 11) is 0. The summed E-state index contributed by atoms with van der Waals surface area (Å²) in [6.45, 7) is -0.761. The first kappa shape index (κ1) is 21.2. The van der Waals surface area contributed by atoms with Gasteiger partial charge in [0.15, 0.2) is 0 Å². The minimum Gasteiger partial charge on any atom is -0.550 e. The third kappa shape index (κ3) is 13.6. The predicted molar refractivity (Wildman–Crippen MR) is 68.2 cm³/mol. The lowest BCUT2D eigenvalue weighted by Crippen LogP contribution is -2.53. The third-order valence-electron chi connectivity index (χ3n) is 2.52. The molecule has 0 atom stereocenters. The van der Waals surface area contributed by atoms with Crippen molar-refractivity contribution < 1.29 is 43.9 Å². The molecule has 0 amide bonds. The SMILES string of the molecule is NC(COCCC(=O)[O-])(COCCC(=O)[O-])COCCC(=O)[O-]. The molecule has 134 valence electrons. The molecule has 10 heteroatoms. The molecule has 23 heavy (non-hydrogen) atoms. The molecule has 0 saturated heterocycles. The summed E-state index contributed by atoms with van der Waals surface area (Å²) in [4.78, 5) is 30.8. The van der Waals surface area contributed by atoms with Crippen LogP contribution in [-0.4, -0.2) is 63.1 Å². The Kier molecular flexibility index (Phi) is 10.9. The molecule has 0 unspecified atom stereocenters. The van der Waals surface area contributed by atoms with Gasteiger partial charge >= 0.3 is 0 Å². The molecule has 0 aliphatic carbocycles. The average Bonchev–Trinajstić information content (AvgIpc) is 2.44. The van der Waals surface area contributed by atoms with E-state index in [0.717, 1.165) is 0 Å². The topological polar surface area (TPSA) is 174 Å². The molecule has 0 aromatic rings. The van der Waals surface area contributed by atoms with Crippen LogP contribution in [0.1, 0.15) is 19.3 Å². The quantitative estimate of drug-likeness (QED) is 0.286. The van der Waals surface area contributed by atoms with Crippen molar-refractivity contribution in [1.29, 1.82) is 0 Å². The average molecular weight is 334 g/mol. The molecular weight excluding hydrogens is 314 g/mol. The summed E-state index contributed by atoms with van der Waals surface area (Å²) in [5, 5.41) is 30.8. The fraction of sp³-hybridized carbons (Fsp3) is 0.769. The fourth-order valence-electron chi connectivity index (χ4n) is 1.42. The molecule has 0 heterocycles. The lowest BCUT2D eigenvalue weighted by molar-refractivity contribution is -0.307. The van der Waals surface area contributed by atoms with E-state index in [0.29, 0.717) is 0 Å². The van der Waals surface area contributed by atoms with Crippen molar-refractivity contribution in [1.82, 2.24) is 0 Å². The summed E-state index contributed by atoms with van der Waals surface area (Å²) >= 11 is 0. The number of carboxylic acids is 3. The van der Waals surface area contributed by atoms with E-state index in [1.54, 1.807) is 0 Å². The predicted octanol–water partition coefficient (Wildman–Crippen LogP) is -4.85. The highest BCUT2D eigenvalue weighted by Crippen LogP contribution is 2.06. The maximum absolute atomic E-state index is 10.3.